The number of aromatic nitrogens is 4. The van der Waals surface area contributed by atoms with Gasteiger partial charge < -0.3 is 9.30 Å². The number of ether oxygens (including phenoxy) is 1. The molecule has 0 aliphatic carbocycles. The first-order valence-corrected chi connectivity index (χ1v) is 10.9. The van der Waals surface area contributed by atoms with Gasteiger partial charge >= 0.3 is 6.15 Å². The predicted octanol–water partition coefficient (Wildman–Crippen LogP) is 4.17. The summed E-state index contributed by atoms with van der Waals surface area (Å²) in [5, 5.41) is 8.26. The van der Waals surface area contributed by atoms with Gasteiger partial charge in [0.25, 0.3) is 5.91 Å². The van der Waals surface area contributed by atoms with Crippen molar-refractivity contribution in [3.63, 3.8) is 0 Å². The van der Waals surface area contributed by atoms with Gasteiger partial charge in [-0.05, 0) is 60.9 Å². The molecule has 0 N–H and O–H groups in total. The van der Waals surface area contributed by atoms with Crippen LogP contribution in [0.25, 0.3) is 22.6 Å². The van der Waals surface area contributed by atoms with Gasteiger partial charge in [-0.15, -0.1) is 10.2 Å². The van der Waals surface area contributed by atoms with Crippen LogP contribution >= 0.6 is 0 Å². The van der Waals surface area contributed by atoms with Crippen molar-refractivity contribution in [3.05, 3.63) is 78.1 Å². The molecule has 1 aliphatic heterocycles. The molecule has 1 aliphatic rings. The van der Waals surface area contributed by atoms with Crippen molar-refractivity contribution >= 4 is 17.9 Å². The maximum Gasteiger partial charge on any atom is 0.373 e. The van der Waals surface area contributed by atoms with Crippen molar-refractivity contribution in [2.75, 3.05) is 12.0 Å². The third-order valence-electron chi connectivity index (χ3n) is 5.69. The second-order valence-electron chi connectivity index (χ2n) is 8.12. The Hall–Kier alpha value is -4.62. The summed E-state index contributed by atoms with van der Waals surface area (Å²) in [6.07, 6.45) is 1.95. The Kier molecular flexibility index (Phi) is 6.80. The third kappa shape index (κ3) is 4.71. The summed E-state index contributed by atoms with van der Waals surface area (Å²) in [6.45, 7) is 4.62. The van der Waals surface area contributed by atoms with Crippen LogP contribution in [-0.4, -0.2) is 38.9 Å². The molecule has 0 radical (unpaired) electrons. The molecule has 9 heteroatoms. The zero-order valence-corrected chi connectivity index (χ0v) is 19.5. The molecule has 35 heavy (non-hydrogen) atoms. The van der Waals surface area contributed by atoms with Crippen molar-refractivity contribution in [1.82, 2.24) is 19.7 Å². The Balaban J connectivity index is 0.000000917. The highest BCUT2D eigenvalue weighted by Gasteiger charge is 2.30. The topological polar surface area (TPSA) is 107 Å². The minimum Gasteiger partial charge on any atom is -0.497 e. The first-order chi connectivity index (χ1) is 17.0. The molecular weight excluding hydrogens is 446 g/mol. The van der Waals surface area contributed by atoms with Crippen LogP contribution < -0.4 is 9.64 Å². The number of fused-ring (bicyclic) bond motifs is 1. The van der Waals surface area contributed by atoms with Crippen molar-refractivity contribution in [3.8, 4) is 28.4 Å². The molecule has 5 rings (SSSR count). The number of nitrogens with zero attached hydrogens (tertiary/aromatic N) is 5. The number of pyridine rings is 1. The van der Waals surface area contributed by atoms with Crippen LogP contribution in [0.4, 0.5) is 5.82 Å². The Morgan fingerprint density at radius 3 is 2.49 bits per heavy atom. The number of hydrogen-bond donors (Lipinski definition) is 0. The Morgan fingerprint density at radius 1 is 1.00 bits per heavy atom. The molecule has 176 valence electrons. The van der Waals surface area contributed by atoms with E-state index in [-0.39, 0.29) is 18.1 Å². The lowest BCUT2D eigenvalue weighted by molar-refractivity contribution is -0.191. The minimum absolute atomic E-state index is 0.0558. The highest BCUT2D eigenvalue weighted by molar-refractivity contribution is 6.10. The van der Waals surface area contributed by atoms with Crippen molar-refractivity contribution in [2.24, 2.45) is 0 Å². The Labute approximate surface area is 202 Å². The van der Waals surface area contributed by atoms with Crippen LogP contribution in [0.2, 0.25) is 0 Å². The van der Waals surface area contributed by atoms with E-state index in [0.717, 1.165) is 22.4 Å². The standard InChI is InChI=1S/C25H23N5O2.CO2/c1-16(2)30-15-26-28-24(30)22-8-5-9-23(27-22)29-14-19-11-10-18(13-21(19)25(29)31)17-6-4-7-20(12-17)32-3;2-1-3/h4-13,15-16H,14H2,1-3H3;. The maximum atomic E-state index is 13.3. The van der Waals surface area contributed by atoms with Gasteiger partial charge in [-0.2, -0.15) is 9.59 Å². The monoisotopic (exact) mass is 469 g/mol. The lowest BCUT2D eigenvalue weighted by Crippen LogP contribution is -2.24. The van der Waals surface area contributed by atoms with E-state index in [2.05, 4.69) is 24.0 Å². The van der Waals surface area contributed by atoms with E-state index in [9.17, 15) is 4.79 Å². The smallest absolute Gasteiger partial charge is 0.373 e. The summed E-state index contributed by atoms with van der Waals surface area (Å²) in [6, 6.07) is 19.7. The fourth-order valence-electron chi connectivity index (χ4n) is 3.97. The predicted molar refractivity (Wildman–Crippen MR) is 128 cm³/mol. The molecule has 0 unspecified atom stereocenters. The maximum absolute atomic E-state index is 13.3. The average Bonchev–Trinajstić information content (AvgIpc) is 3.50. The second-order valence-corrected chi connectivity index (χ2v) is 8.12. The summed E-state index contributed by atoms with van der Waals surface area (Å²) in [4.78, 5) is 36.0. The van der Waals surface area contributed by atoms with Crippen LogP contribution in [-0.2, 0) is 16.1 Å². The van der Waals surface area contributed by atoms with E-state index in [4.69, 9.17) is 19.3 Å². The lowest BCUT2D eigenvalue weighted by atomic mass is 10.0. The summed E-state index contributed by atoms with van der Waals surface area (Å²) in [7, 11) is 1.65. The SMILES string of the molecule is COc1cccc(-c2ccc3c(c2)C(=O)N(c2cccc(-c4nncn4C(C)C)n2)C3)c1.O=C=O. The van der Waals surface area contributed by atoms with E-state index in [0.29, 0.717) is 29.4 Å². The highest BCUT2D eigenvalue weighted by Crippen LogP contribution is 2.32. The van der Waals surface area contributed by atoms with Gasteiger partial charge in [-0.3, -0.25) is 9.69 Å². The molecule has 2 aromatic heterocycles. The number of methoxy groups -OCH3 is 1. The number of amides is 1. The van der Waals surface area contributed by atoms with Gasteiger partial charge in [-0.1, -0.05) is 30.3 Å². The number of rotatable bonds is 5. The molecule has 0 atom stereocenters. The van der Waals surface area contributed by atoms with Crippen molar-refractivity contribution < 1.29 is 19.1 Å². The van der Waals surface area contributed by atoms with E-state index in [1.54, 1.807) is 18.3 Å². The molecule has 0 spiro atoms. The normalized spacial score (nSPS) is 12.1. The molecule has 1 amide bonds. The second kappa shape index (κ2) is 10.1. The summed E-state index contributed by atoms with van der Waals surface area (Å²) < 4.78 is 7.30. The van der Waals surface area contributed by atoms with Gasteiger partial charge in [0, 0.05) is 11.6 Å². The number of hydrogen-bond acceptors (Lipinski definition) is 7. The first kappa shape index (κ1) is 23.5. The van der Waals surface area contributed by atoms with Gasteiger partial charge in [-0.25, -0.2) is 4.98 Å². The largest absolute Gasteiger partial charge is 0.497 e. The molecule has 0 saturated heterocycles. The molecule has 0 bridgehead atoms. The fraction of sp³-hybridized carbons (Fsp3) is 0.192. The molecule has 9 nitrogen and oxygen atoms in total. The fourth-order valence-corrected chi connectivity index (χ4v) is 3.97. The quantitative estimate of drug-likeness (QED) is 0.432. The zero-order valence-electron chi connectivity index (χ0n) is 19.5. The summed E-state index contributed by atoms with van der Waals surface area (Å²) in [5.74, 6) is 2.02. The van der Waals surface area contributed by atoms with E-state index < -0.39 is 0 Å². The van der Waals surface area contributed by atoms with Crippen molar-refractivity contribution in [1.29, 1.82) is 0 Å². The van der Waals surface area contributed by atoms with Crippen molar-refractivity contribution in [2.45, 2.75) is 26.4 Å². The van der Waals surface area contributed by atoms with Gasteiger partial charge in [0.2, 0.25) is 0 Å². The van der Waals surface area contributed by atoms with Crippen LogP contribution in [0.3, 0.4) is 0 Å². The Morgan fingerprint density at radius 2 is 1.74 bits per heavy atom. The van der Waals surface area contributed by atoms with Crippen LogP contribution in [0.5, 0.6) is 5.75 Å². The number of benzene rings is 2. The van der Waals surface area contributed by atoms with Crippen LogP contribution in [0.1, 0.15) is 35.8 Å². The van der Waals surface area contributed by atoms with Crippen LogP contribution in [0.15, 0.2) is 67.0 Å². The number of carbonyl (C=O) groups excluding carboxylic acids is 3. The molecule has 4 aromatic rings. The average molecular weight is 470 g/mol. The van der Waals surface area contributed by atoms with Gasteiger partial charge in [0.15, 0.2) is 5.82 Å². The van der Waals surface area contributed by atoms with E-state index in [1.165, 1.54) is 0 Å². The summed E-state index contributed by atoms with van der Waals surface area (Å²) >= 11 is 0. The van der Waals surface area contributed by atoms with Gasteiger partial charge in [0.1, 0.15) is 23.6 Å². The molecule has 0 fully saturated rings. The zero-order chi connectivity index (χ0) is 24.9. The highest BCUT2D eigenvalue weighted by atomic mass is 16.5. The Bertz CT molecular complexity index is 1410. The van der Waals surface area contributed by atoms with Crippen LogP contribution in [0, 0.1) is 0 Å². The molecule has 0 saturated carbocycles. The molecule has 2 aromatic carbocycles. The third-order valence-corrected chi connectivity index (χ3v) is 5.69. The molecular formula is C26H23N5O4. The number of anilines is 1. The van der Waals surface area contributed by atoms with E-state index in [1.807, 2.05) is 65.2 Å². The lowest BCUT2D eigenvalue weighted by Gasteiger charge is -2.16. The number of carbonyl (C=O) groups is 1. The van der Waals surface area contributed by atoms with Gasteiger partial charge in [0.05, 0.1) is 13.7 Å². The first-order valence-electron chi connectivity index (χ1n) is 10.9. The molecule has 3 heterocycles. The van der Waals surface area contributed by atoms with E-state index >= 15 is 0 Å². The minimum atomic E-state index is -0.0558. The summed E-state index contributed by atoms with van der Waals surface area (Å²) in [5.41, 5.74) is 4.35.